The van der Waals surface area contributed by atoms with Crippen LogP contribution in [0.15, 0.2) is 179 Å². The lowest BCUT2D eigenvalue weighted by molar-refractivity contribution is -0.155. The number of esters is 1. The van der Waals surface area contributed by atoms with E-state index >= 15 is 0 Å². The lowest BCUT2D eigenvalue weighted by atomic mass is 10.2. The smallest absolute Gasteiger partial charge is 0.416 e. The summed E-state index contributed by atoms with van der Waals surface area (Å²) in [4.78, 5) is 61.1. The molecule has 0 bridgehead atoms. The average Bonchev–Trinajstić information content (AvgIpc) is 4.18. The Balaban J connectivity index is 0.000000237. The summed E-state index contributed by atoms with van der Waals surface area (Å²) >= 11 is 0. The zero-order valence-electron chi connectivity index (χ0n) is 46.6. The Labute approximate surface area is 475 Å². The maximum Gasteiger partial charge on any atom is 0.416 e. The number of oxazole rings is 2. The first-order valence-corrected chi connectivity index (χ1v) is 26.0. The molecule has 424 valence electrons. The summed E-state index contributed by atoms with van der Waals surface area (Å²) in [5, 5.41) is 9.27. The Kier molecular flexibility index (Phi) is 21.2. The molecule has 0 aliphatic heterocycles. The highest BCUT2D eigenvalue weighted by molar-refractivity contribution is 5.80. The molecule has 0 aliphatic rings. The molecule has 2 aromatic heterocycles. The molecule has 0 spiro atoms. The van der Waals surface area contributed by atoms with E-state index in [-0.39, 0.29) is 25.4 Å². The van der Waals surface area contributed by atoms with Crippen LogP contribution in [0, 0.1) is 13.8 Å². The number of carbonyl (C=O) groups is 4. The van der Waals surface area contributed by atoms with Crippen LogP contribution < -0.4 is 28.4 Å². The van der Waals surface area contributed by atoms with Crippen molar-refractivity contribution in [3.8, 4) is 57.4 Å². The Morgan fingerprint density at radius 1 is 0.512 bits per heavy atom. The van der Waals surface area contributed by atoms with Crippen LogP contribution in [0.25, 0.3) is 35.1 Å². The first-order chi connectivity index (χ1) is 39.5. The molecule has 0 unspecified atom stereocenters. The maximum atomic E-state index is 13.1. The van der Waals surface area contributed by atoms with Crippen LogP contribution in [0.4, 0.5) is 9.59 Å². The number of aliphatic carboxylic acids is 1. The van der Waals surface area contributed by atoms with Gasteiger partial charge in [-0.25, -0.2) is 19.6 Å². The summed E-state index contributed by atoms with van der Waals surface area (Å²) in [6, 6.07) is 46.8. The van der Waals surface area contributed by atoms with Crippen LogP contribution in [0.1, 0.15) is 54.8 Å². The van der Waals surface area contributed by atoms with Crippen molar-refractivity contribution in [1.29, 1.82) is 0 Å². The van der Waals surface area contributed by atoms with Crippen molar-refractivity contribution in [3.63, 3.8) is 0 Å². The SMILES string of the molecule is COc1ccc(OC(=O)N(CC(=O)O)Cc2ccc(OC/C=C\c3nc(-c4ccccc4)oc3C)cc2)cc1.COc1ccc(OC(=O)N(CC(=O)OC(C)(C)C)Cc2ccc(OC/C=C\c3nc(-c4ccccc4)oc3C)cc2)cc1. The van der Waals surface area contributed by atoms with Gasteiger partial charge in [0.2, 0.25) is 11.8 Å². The van der Waals surface area contributed by atoms with Crippen molar-refractivity contribution >= 4 is 36.3 Å². The summed E-state index contributed by atoms with van der Waals surface area (Å²) in [7, 11) is 3.08. The van der Waals surface area contributed by atoms with Gasteiger partial charge in [0.05, 0.1) is 14.2 Å². The second-order valence-electron chi connectivity index (χ2n) is 19.1. The van der Waals surface area contributed by atoms with Crippen LogP contribution in [0.2, 0.25) is 0 Å². The molecule has 6 aromatic carbocycles. The van der Waals surface area contributed by atoms with Crippen molar-refractivity contribution in [2.24, 2.45) is 0 Å². The van der Waals surface area contributed by atoms with E-state index in [1.165, 1.54) is 12.0 Å². The van der Waals surface area contributed by atoms with Gasteiger partial charge in [0.1, 0.15) is 89.3 Å². The lowest BCUT2D eigenvalue weighted by Crippen LogP contribution is -2.39. The molecule has 8 rings (SSSR count). The minimum Gasteiger partial charge on any atom is -0.497 e. The zero-order chi connectivity index (χ0) is 58.4. The van der Waals surface area contributed by atoms with Crippen molar-refractivity contribution in [1.82, 2.24) is 19.8 Å². The Hall–Kier alpha value is -10.1. The fourth-order valence-corrected chi connectivity index (χ4v) is 7.65. The molecule has 1 N–H and O–H groups in total. The third-order valence-corrected chi connectivity index (χ3v) is 11.7. The monoisotopic (exact) mass is 1110 g/mol. The molecule has 2 amide bonds. The predicted octanol–water partition coefficient (Wildman–Crippen LogP) is 12.9. The number of methoxy groups -OCH3 is 2. The second kappa shape index (κ2) is 29.2. The number of nitrogens with zero attached hydrogens (tertiary/aromatic N) is 4. The number of hydrogen-bond donors (Lipinski definition) is 1. The minimum atomic E-state index is -1.15. The third-order valence-electron chi connectivity index (χ3n) is 11.7. The Morgan fingerprint density at radius 2 is 0.878 bits per heavy atom. The van der Waals surface area contributed by atoms with E-state index in [4.69, 9.17) is 42.0 Å². The fraction of sp³-hybridized carbons (Fsp3) is 0.219. The largest absolute Gasteiger partial charge is 0.497 e. The molecular formula is C64H64N4O14. The number of aromatic nitrogens is 2. The van der Waals surface area contributed by atoms with Gasteiger partial charge in [-0.3, -0.25) is 19.4 Å². The van der Waals surface area contributed by atoms with Gasteiger partial charge in [-0.1, -0.05) is 60.7 Å². The predicted molar refractivity (Wildman–Crippen MR) is 308 cm³/mol. The van der Waals surface area contributed by atoms with Gasteiger partial charge >= 0.3 is 24.1 Å². The van der Waals surface area contributed by atoms with Crippen LogP contribution >= 0.6 is 0 Å². The van der Waals surface area contributed by atoms with E-state index in [1.807, 2.05) is 111 Å². The van der Waals surface area contributed by atoms with E-state index < -0.39 is 36.3 Å². The molecule has 0 saturated carbocycles. The molecule has 0 aliphatic carbocycles. The maximum absolute atomic E-state index is 13.1. The molecule has 0 saturated heterocycles. The number of benzene rings is 6. The highest BCUT2D eigenvalue weighted by Gasteiger charge is 2.25. The van der Waals surface area contributed by atoms with Crippen LogP contribution in [-0.4, -0.2) is 95.1 Å². The number of carboxylic acid groups (broad SMARTS) is 1. The summed E-state index contributed by atoms with van der Waals surface area (Å²) in [5.74, 6) is 4.01. The zero-order valence-corrected chi connectivity index (χ0v) is 46.6. The number of aryl methyl sites for hydroxylation is 2. The molecule has 18 heteroatoms. The fourth-order valence-electron chi connectivity index (χ4n) is 7.65. The summed E-state index contributed by atoms with van der Waals surface area (Å²) in [6.45, 7) is 9.08. The number of amides is 2. The highest BCUT2D eigenvalue weighted by Crippen LogP contribution is 2.26. The molecule has 8 aromatic rings. The minimum absolute atomic E-state index is 0.0522. The quantitative estimate of drug-likeness (QED) is 0.0625. The Morgan fingerprint density at radius 3 is 1.24 bits per heavy atom. The van der Waals surface area contributed by atoms with Crippen LogP contribution in [0.3, 0.4) is 0 Å². The first kappa shape index (κ1) is 59.6. The van der Waals surface area contributed by atoms with E-state index in [0.29, 0.717) is 59.5 Å². The molecule has 0 atom stereocenters. The second-order valence-corrected chi connectivity index (χ2v) is 19.1. The standard InChI is InChI=1S/C34H36N2O7.C30H28N2O7/c1-24-30(35-32(41-24)26-10-7-6-8-11-26)12-9-21-40-28-15-13-25(14-16-28)22-36(23-31(37)43-34(2,3)4)33(38)42-29-19-17-27(39-5)18-20-29;1-21-27(31-29(38-21)23-7-4-3-5-8-23)9-6-18-37-25-12-10-22(11-13-25)19-32(20-28(33)34)30(35)39-26-16-14-24(36-2)15-17-26/h6-20H,21-23H2,1-5H3;3-17H,18-20H2,1-2H3,(H,33,34)/b12-9-;9-6-. The van der Waals surface area contributed by atoms with E-state index in [0.717, 1.165) is 44.3 Å². The van der Waals surface area contributed by atoms with E-state index in [2.05, 4.69) is 9.97 Å². The summed E-state index contributed by atoms with van der Waals surface area (Å²) in [6.07, 6.45) is 5.97. The molecule has 2 heterocycles. The molecular weight excluding hydrogens is 1050 g/mol. The average molecular weight is 1110 g/mol. The molecule has 0 fully saturated rings. The number of rotatable bonds is 22. The number of ether oxygens (including phenoxy) is 7. The van der Waals surface area contributed by atoms with Crippen molar-refractivity contribution < 1.29 is 66.3 Å². The summed E-state index contributed by atoms with van der Waals surface area (Å²) < 4.78 is 49.7. The van der Waals surface area contributed by atoms with Gasteiger partial charge < -0.3 is 47.1 Å². The Bertz CT molecular complexity index is 3390. The number of hydrogen-bond acceptors (Lipinski definition) is 15. The third kappa shape index (κ3) is 18.8. The number of carbonyl (C=O) groups excluding carboxylic acids is 3. The van der Waals surface area contributed by atoms with E-state index in [9.17, 15) is 24.3 Å². The summed E-state index contributed by atoms with van der Waals surface area (Å²) in [5.41, 5.74) is 4.11. The number of carboxylic acids is 1. The van der Waals surface area contributed by atoms with Crippen LogP contribution in [0.5, 0.6) is 34.5 Å². The molecule has 82 heavy (non-hydrogen) atoms. The van der Waals surface area contributed by atoms with Gasteiger partial charge in [-0.2, -0.15) is 0 Å². The van der Waals surface area contributed by atoms with Gasteiger partial charge in [-0.15, -0.1) is 0 Å². The highest BCUT2D eigenvalue weighted by atomic mass is 16.6. The normalized spacial score (nSPS) is 11.1. The van der Waals surface area contributed by atoms with E-state index in [1.54, 1.807) is 113 Å². The molecule has 0 radical (unpaired) electrons. The topological polar surface area (TPSA) is 212 Å². The first-order valence-electron chi connectivity index (χ1n) is 26.0. The van der Waals surface area contributed by atoms with Crippen molar-refractivity contribution in [2.75, 3.05) is 40.5 Å². The van der Waals surface area contributed by atoms with Gasteiger partial charge in [-0.05, 0) is 167 Å². The van der Waals surface area contributed by atoms with Crippen molar-refractivity contribution in [3.05, 3.63) is 204 Å². The lowest BCUT2D eigenvalue weighted by Gasteiger charge is -2.25. The van der Waals surface area contributed by atoms with Crippen molar-refractivity contribution in [2.45, 2.75) is 53.3 Å². The van der Waals surface area contributed by atoms with Gasteiger partial charge in [0.25, 0.3) is 0 Å². The molecule has 18 nitrogen and oxygen atoms in total. The van der Waals surface area contributed by atoms with Gasteiger partial charge in [0, 0.05) is 24.2 Å². The van der Waals surface area contributed by atoms with Gasteiger partial charge in [0.15, 0.2) is 0 Å². The van der Waals surface area contributed by atoms with Crippen LogP contribution in [-0.2, 0) is 27.4 Å².